The monoisotopic (exact) mass is 346 g/mol. The first-order valence-electron chi connectivity index (χ1n) is 7.73. The Balaban J connectivity index is 1.85. The number of sulfonamides is 1. The lowest BCUT2D eigenvalue weighted by molar-refractivity contribution is -0.120. The molecular weight excluding hydrogens is 324 g/mol. The summed E-state index contributed by atoms with van der Waals surface area (Å²) in [7, 11) is -2.02. The van der Waals surface area contributed by atoms with Crippen molar-refractivity contribution in [3.63, 3.8) is 0 Å². The van der Waals surface area contributed by atoms with Crippen molar-refractivity contribution in [2.24, 2.45) is 0 Å². The summed E-state index contributed by atoms with van der Waals surface area (Å²) in [5.41, 5.74) is 1.93. The first-order chi connectivity index (χ1) is 11.4. The van der Waals surface area contributed by atoms with E-state index in [-0.39, 0.29) is 30.3 Å². The van der Waals surface area contributed by atoms with Gasteiger partial charge in [0, 0.05) is 20.1 Å². The van der Waals surface area contributed by atoms with Gasteiger partial charge in [-0.05, 0) is 24.6 Å². The van der Waals surface area contributed by atoms with Crippen LogP contribution in [0, 0.1) is 6.92 Å². The number of carbonyl (C=O) groups is 1. The lowest BCUT2D eigenvalue weighted by Gasteiger charge is -2.17. The predicted octanol–water partition coefficient (Wildman–Crippen LogP) is 1.97. The van der Waals surface area contributed by atoms with E-state index in [4.69, 9.17) is 0 Å². The molecule has 1 N–H and O–H groups in total. The van der Waals surface area contributed by atoms with Crippen LogP contribution in [0.5, 0.6) is 0 Å². The van der Waals surface area contributed by atoms with E-state index in [0.717, 1.165) is 11.1 Å². The van der Waals surface area contributed by atoms with Gasteiger partial charge in [-0.25, -0.2) is 8.42 Å². The normalized spacial score (nSPS) is 11.5. The Bertz CT molecular complexity index is 772. The molecule has 24 heavy (non-hydrogen) atoms. The quantitative estimate of drug-likeness (QED) is 0.833. The summed E-state index contributed by atoms with van der Waals surface area (Å²) in [5, 5.41) is 2.75. The molecule has 0 unspecified atom stereocenters. The van der Waals surface area contributed by atoms with Gasteiger partial charge in [-0.3, -0.25) is 4.79 Å². The highest BCUT2D eigenvalue weighted by Crippen LogP contribution is 2.14. The molecule has 1 amide bonds. The Labute approximate surface area is 143 Å². The molecule has 0 aliphatic heterocycles. The fourth-order valence-electron chi connectivity index (χ4n) is 2.21. The van der Waals surface area contributed by atoms with E-state index in [0.29, 0.717) is 0 Å². The fourth-order valence-corrected chi connectivity index (χ4v) is 3.38. The lowest BCUT2D eigenvalue weighted by atomic mass is 10.1. The summed E-state index contributed by atoms with van der Waals surface area (Å²) in [6.45, 7) is 2.40. The maximum atomic E-state index is 12.4. The number of likely N-dealkylation sites (N-methyl/N-ethyl adjacent to an activating group) is 1. The zero-order chi connectivity index (χ0) is 17.6. The van der Waals surface area contributed by atoms with E-state index in [9.17, 15) is 13.2 Å². The molecule has 0 spiro atoms. The van der Waals surface area contributed by atoms with E-state index in [1.807, 2.05) is 37.3 Å². The highest BCUT2D eigenvalue weighted by molar-refractivity contribution is 7.89. The second kappa shape index (κ2) is 8.08. The van der Waals surface area contributed by atoms with Gasteiger partial charge in [-0.15, -0.1) is 0 Å². The molecule has 2 rings (SSSR count). The number of carbonyl (C=O) groups excluding carboxylic acids is 1. The smallest absolute Gasteiger partial charge is 0.242 e. The van der Waals surface area contributed by atoms with Crippen LogP contribution in [0.1, 0.15) is 11.1 Å². The average Bonchev–Trinajstić information content (AvgIpc) is 2.56. The second-order valence-electron chi connectivity index (χ2n) is 5.65. The number of rotatable bonds is 7. The minimum absolute atomic E-state index is 0.123. The van der Waals surface area contributed by atoms with Gasteiger partial charge in [0.15, 0.2) is 0 Å². The van der Waals surface area contributed by atoms with Crippen LogP contribution in [-0.2, 0) is 21.2 Å². The van der Waals surface area contributed by atoms with Gasteiger partial charge in [-0.1, -0.05) is 48.0 Å². The summed E-state index contributed by atoms with van der Waals surface area (Å²) < 4.78 is 26.1. The molecule has 128 valence electrons. The molecule has 0 heterocycles. The zero-order valence-corrected chi connectivity index (χ0v) is 14.7. The third-order valence-corrected chi connectivity index (χ3v) is 5.56. The Kier molecular flexibility index (Phi) is 6.11. The van der Waals surface area contributed by atoms with Crippen LogP contribution < -0.4 is 5.32 Å². The number of aryl methyl sites for hydroxylation is 1. The van der Waals surface area contributed by atoms with E-state index < -0.39 is 10.0 Å². The molecule has 0 fully saturated rings. The number of amides is 1. The van der Waals surface area contributed by atoms with Crippen molar-refractivity contribution in [2.45, 2.75) is 18.2 Å². The maximum Gasteiger partial charge on any atom is 0.242 e. The van der Waals surface area contributed by atoms with E-state index in [2.05, 4.69) is 5.32 Å². The number of nitrogens with zero attached hydrogens (tertiary/aromatic N) is 1. The molecule has 0 saturated carbocycles. The van der Waals surface area contributed by atoms with Crippen molar-refractivity contribution in [3.05, 3.63) is 65.7 Å². The average molecular weight is 346 g/mol. The Morgan fingerprint density at radius 1 is 1.04 bits per heavy atom. The third-order valence-electron chi connectivity index (χ3n) is 3.69. The second-order valence-corrected chi connectivity index (χ2v) is 7.70. The lowest BCUT2D eigenvalue weighted by Crippen LogP contribution is -2.36. The topological polar surface area (TPSA) is 66.5 Å². The van der Waals surface area contributed by atoms with Gasteiger partial charge in [0.1, 0.15) is 0 Å². The summed E-state index contributed by atoms with van der Waals surface area (Å²) in [6.07, 6.45) is 0.287. The molecule has 6 heteroatoms. The highest BCUT2D eigenvalue weighted by atomic mass is 32.2. The van der Waals surface area contributed by atoms with Crippen LogP contribution in [0.4, 0.5) is 0 Å². The number of hydrogen-bond acceptors (Lipinski definition) is 3. The number of nitrogens with one attached hydrogen (secondary N) is 1. The van der Waals surface area contributed by atoms with Gasteiger partial charge >= 0.3 is 0 Å². The molecule has 2 aromatic rings. The molecular formula is C18H22N2O3S. The summed E-state index contributed by atoms with van der Waals surface area (Å²) in [5.74, 6) is -0.123. The van der Waals surface area contributed by atoms with Crippen molar-refractivity contribution in [1.29, 1.82) is 0 Å². The largest absolute Gasteiger partial charge is 0.354 e. The predicted molar refractivity (Wildman–Crippen MR) is 94.2 cm³/mol. The van der Waals surface area contributed by atoms with E-state index in [1.54, 1.807) is 24.3 Å². The van der Waals surface area contributed by atoms with Crippen LogP contribution in [0.2, 0.25) is 0 Å². The Morgan fingerprint density at radius 3 is 2.29 bits per heavy atom. The summed E-state index contributed by atoms with van der Waals surface area (Å²) in [6, 6.07) is 16.1. The highest BCUT2D eigenvalue weighted by Gasteiger charge is 2.20. The van der Waals surface area contributed by atoms with Gasteiger partial charge < -0.3 is 5.32 Å². The molecule has 0 aliphatic rings. The van der Waals surface area contributed by atoms with Crippen LogP contribution in [-0.4, -0.2) is 38.8 Å². The molecule has 0 atom stereocenters. The van der Waals surface area contributed by atoms with Crippen molar-refractivity contribution < 1.29 is 13.2 Å². The summed E-state index contributed by atoms with van der Waals surface area (Å²) >= 11 is 0. The van der Waals surface area contributed by atoms with E-state index in [1.165, 1.54) is 11.4 Å². The van der Waals surface area contributed by atoms with Gasteiger partial charge in [0.2, 0.25) is 15.9 Å². The molecule has 0 radical (unpaired) electrons. The standard InChI is InChI=1S/C18H22N2O3S/c1-15-8-10-17(11-9-15)24(22,23)20(2)13-12-19-18(21)14-16-6-4-3-5-7-16/h3-11H,12-14H2,1-2H3,(H,19,21). The van der Waals surface area contributed by atoms with Crippen molar-refractivity contribution in [1.82, 2.24) is 9.62 Å². The van der Waals surface area contributed by atoms with Crippen LogP contribution >= 0.6 is 0 Å². The Morgan fingerprint density at radius 2 is 1.67 bits per heavy atom. The molecule has 0 aromatic heterocycles. The molecule has 0 saturated heterocycles. The summed E-state index contributed by atoms with van der Waals surface area (Å²) in [4.78, 5) is 12.1. The molecule has 5 nitrogen and oxygen atoms in total. The first kappa shape index (κ1) is 18.2. The fraction of sp³-hybridized carbons (Fsp3) is 0.278. The minimum atomic E-state index is -3.53. The zero-order valence-electron chi connectivity index (χ0n) is 13.9. The van der Waals surface area contributed by atoms with Gasteiger partial charge in [-0.2, -0.15) is 4.31 Å². The maximum absolute atomic E-state index is 12.4. The first-order valence-corrected chi connectivity index (χ1v) is 9.17. The van der Waals surface area contributed by atoms with E-state index >= 15 is 0 Å². The molecule has 0 bridgehead atoms. The minimum Gasteiger partial charge on any atom is -0.354 e. The number of hydrogen-bond donors (Lipinski definition) is 1. The van der Waals surface area contributed by atoms with Gasteiger partial charge in [0.25, 0.3) is 0 Å². The Hall–Kier alpha value is -2.18. The van der Waals surface area contributed by atoms with Crippen molar-refractivity contribution >= 4 is 15.9 Å². The van der Waals surface area contributed by atoms with Crippen LogP contribution in [0.3, 0.4) is 0 Å². The third kappa shape index (κ3) is 4.91. The van der Waals surface area contributed by atoms with Crippen molar-refractivity contribution in [2.75, 3.05) is 20.1 Å². The SMILES string of the molecule is Cc1ccc(S(=O)(=O)N(C)CCNC(=O)Cc2ccccc2)cc1. The van der Waals surface area contributed by atoms with Crippen LogP contribution in [0.15, 0.2) is 59.5 Å². The van der Waals surface area contributed by atoms with Gasteiger partial charge in [0.05, 0.1) is 11.3 Å². The van der Waals surface area contributed by atoms with Crippen molar-refractivity contribution in [3.8, 4) is 0 Å². The van der Waals surface area contributed by atoms with Crippen LogP contribution in [0.25, 0.3) is 0 Å². The number of benzene rings is 2. The molecule has 2 aromatic carbocycles. The molecule has 0 aliphatic carbocycles.